The first kappa shape index (κ1) is 10.4. The Morgan fingerprint density at radius 3 is 2.23 bits per heavy atom. The summed E-state index contributed by atoms with van der Waals surface area (Å²) < 4.78 is 5.53. The number of hydrogen-bond acceptors (Lipinski definition) is 1. The molecule has 74 valence electrons. The molecule has 0 aliphatic heterocycles. The van der Waals surface area contributed by atoms with E-state index in [1.54, 1.807) is 0 Å². The Kier molecular flexibility index (Phi) is 3.58. The third-order valence-electron chi connectivity index (χ3n) is 3.02. The van der Waals surface area contributed by atoms with E-state index in [4.69, 9.17) is 4.42 Å². The van der Waals surface area contributed by atoms with E-state index in [9.17, 15) is 0 Å². The molecule has 0 saturated heterocycles. The zero-order valence-electron chi connectivity index (χ0n) is 9.18. The lowest BCUT2D eigenvalue weighted by Gasteiger charge is -2.10. The highest BCUT2D eigenvalue weighted by atomic mass is 16.3. The molecule has 0 N–H and O–H groups in total. The van der Waals surface area contributed by atoms with Crippen molar-refractivity contribution in [1.29, 1.82) is 0 Å². The van der Waals surface area contributed by atoms with E-state index in [2.05, 4.69) is 27.7 Å². The van der Waals surface area contributed by atoms with Gasteiger partial charge >= 0.3 is 0 Å². The second kappa shape index (κ2) is 4.50. The highest BCUT2D eigenvalue weighted by molar-refractivity contribution is 5.25. The lowest BCUT2D eigenvalue weighted by atomic mass is 9.96. The summed E-state index contributed by atoms with van der Waals surface area (Å²) in [5.74, 6) is 1.97. The molecule has 1 nitrogen and oxygen atoms in total. The van der Waals surface area contributed by atoms with Gasteiger partial charge in [-0.15, -0.1) is 0 Å². The zero-order valence-corrected chi connectivity index (χ0v) is 9.18. The van der Waals surface area contributed by atoms with Gasteiger partial charge in [-0.1, -0.05) is 26.7 Å². The molecule has 1 aromatic heterocycles. The van der Waals surface area contributed by atoms with Gasteiger partial charge in [-0.25, -0.2) is 0 Å². The first-order valence-corrected chi connectivity index (χ1v) is 5.22. The fraction of sp³-hybridized carbons (Fsp3) is 0.667. The normalized spacial score (nSPS) is 11.2. The molecule has 1 aromatic rings. The number of rotatable bonds is 4. The number of aryl methyl sites for hydroxylation is 1. The van der Waals surface area contributed by atoms with Gasteiger partial charge in [-0.3, -0.25) is 0 Å². The second-order valence-electron chi connectivity index (χ2n) is 3.85. The third kappa shape index (κ3) is 2.36. The fourth-order valence-corrected chi connectivity index (χ4v) is 1.60. The molecule has 0 saturated carbocycles. The Morgan fingerprint density at radius 1 is 1.23 bits per heavy atom. The molecule has 13 heavy (non-hydrogen) atoms. The van der Waals surface area contributed by atoms with Gasteiger partial charge in [0, 0.05) is 6.42 Å². The Morgan fingerprint density at radius 2 is 1.85 bits per heavy atom. The molecular weight excluding hydrogens is 160 g/mol. The summed E-state index contributed by atoms with van der Waals surface area (Å²) in [5, 5.41) is 0. The van der Waals surface area contributed by atoms with Gasteiger partial charge in [-0.2, -0.15) is 0 Å². The van der Waals surface area contributed by atoms with E-state index < -0.39 is 0 Å². The molecule has 1 rings (SSSR count). The minimum atomic E-state index is 0.782. The second-order valence-corrected chi connectivity index (χ2v) is 3.85. The summed E-state index contributed by atoms with van der Waals surface area (Å²) in [7, 11) is 0. The van der Waals surface area contributed by atoms with Gasteiger partial charge in [0.2, 0.25) is 0 Å². The van der Waals surface area contributed by atoms with Gasteiger partial charge < -0.3 is 4.42 Å². The van der Waals surface area contributed by atoms with Gasteiger partial charge in [0.1, 0.15) is 5.76 Å². The highest BCUT2D eigenvalue weighted by Gasteiger charge is 2.11. The van der Waals surface area contributed by atoms with E-state index in [1.165, 1.54) is 29.7 Å². The lowest BCUT2D eigenvalue weighted by Crippen LogP contribution is -2.01. The third-order valence-corrected chi connectivity index (χ3v) is 3.02. The predicted octanol–water partition coefficient (Wildman–Crippen LogP) is 3.88. The van der Waals surface area contributed by atoms with Crippen LogP contribution in [0.3, 0.4) is 0 Å². The summed E-state index contributed by atoms with van der Waals surface area (Å²) in [5.41, 5.74) is 2.62. The van der Waals surface area contributed by atoms with Crippen LogP contribution in [0.4, 0.5) is 0 Å². The molecule has 0 aromatic carbocycles. The maximum absolute atomic E-state index is 5.53. The molecule has 0 spiro atoms. The molecule has 0 unspecified atom stereocenters. The van der Waals surface area contributed by atoms with Crippen LogP contribution >= 0.6 is 0 Å². The first-order chi connectivity index (χ1) is 6.19. The van der Waals surface area contributed by atoms with Crippen molar-refractivity contribution in [2.75, 3.05) is 0 Å². The lowest BCUT2D eigenvalue weighted by molar-refractivity contribution is 0.418. The molecular formula is C12H20O. The van der Waals surface area contributed by atoms with Crippen LogP contribution in [-0.4, -0.2) is 0 Å². The maximum atomic E-state index is 5.53. The van der Waals surface area contributed by atoms with Crippen LogP contribution < -0.4 is 0 Å². The van der Waals surface area contributed by atoms with Crippen molar-refractivity contribution in [2.24, 2.45) is 5.92 Å². The SMILES string of the molecule is CCC(CC)Cc1occ(C)c1C. The molecule has 0 amide bonds. The van der Waals surface area contributed by atoms with Crippen molar-refractivity contribution in [3.8, 4) is 0 Å². The van der Waals surface area contributed by atoms with Crippen LogP contribution in [0.5, 0.6) is 0 Å². The van der Waals surface area contributed by atoms with E-state index in [1.807, 2.05) is 6.26 Å². The summed E-state index contributed by atoms with van der Waals surface area (Å²) in [4.78, 5) is 0. The highest BCUT2D eigenvalue weighted by Crippen LogP contribution is 2.21. The minimum Gasteiger partial charge on any atom is -0.469 e. The van der Waals surface area contributed by atoms with Gasteiger partial charge in [0.25, 0.3) is 0 Å². The average Bonchev–Trinajstić information content (AvgIpc) is 2.45. The molecule has 0 fully saturated rings. The molecule has 1 heterocycles. The van der Waals surface area contributed by atoms with E-state index in [0.717, 1.165) is 12.3 Å². The van der Waals surface area contributed by atoms with Crippen molar-refractivity contribution in [3.05, 3.63) is 23.2 Å². The summed E-state index contributed by atoms with van der Waals surface area (Å²) in [6, 6.07) is 0. The summed E-state index contributed by atoms with van der Waals surface area (Å²) >= 11 is 0. The predicted molar refractivity (Wildman–Crippen MR) is 56.0 cm³/mol. The minimum absolute atomic E-state index is 0.782. The summed E-state index contributed by atoms with van der Waals surface area (Å²) in [6.07, 6.45) is 5.46. The summed E-state index contributed by atoms with van der Waals surface area (Å²) in [6.45, 7) is 8.75. The standard InChI is InChI=1S/C12H20O/c1-5-11(6-2)7-12-10(4)9(3)8-13-12/h8,11H,5-7H2,1-4H3. The molecule has 0 aliphatic rings. The molecule has 0 radical (unpaired) electrons. The van der Waals surface area contributed by atoms with E-state index >= 15 is 0 Å². The Balaban J connectivity index is 2.67. The Bertz CT molecular complexity index is 256. The van der Waals surface area contributed by atoms with Crippen LogP contribution in [0.15, 0.2) is 10.7 Å². The number of hydrogen-bond donors (Lipinski definition) is 0. The van der Waals surface area contributed by atoms with Crippen molar-refractivity contribution < 1.29 is 4.42 Å². The Labute approximate surface area is 81.1 Å². The monoisotopic (exact) mass is 180 g/mol. The smallest absolute Gasteiger partial charge is 0.107 e. The van der Waals surface area contributed by atoms with Gasteiger partial charge in [0.05, 0.1) is 6.26 Å². The van der Waals surface area contributed by atoms with Crippen LogP contribution in [0.25, 0.3) is 0 Å². The van der Waals surface area contributed by atoms with Gasteiger partial charge in [0.15, 0.2) is 0 Å². The van der Waals surface area contributed by atoms with Crippen LogP contribution in [0.1, 0.15) is 43.6 Å². The molecule has 1 heteroatoms. The van der Waals surface area contributed by atoms with Crippen molar-refractivity contribution in [3.63, 3.8) is 0 Å². The fourth-order valence-electron chi connectivity index (χ4n) is 1.60. The Hall–Kier alpha value is -0.720. The molecule has 0 atom stereocenters. The number of furan rings is 1. The largest absolute Gasteiger partial charge is 0.469 e. The van der Waals surface area contributed by atoms with E-state index in [0.29, 0.717) is 0 Å². The van der Waals surface area contributed by atoms with Crippen molar-refractivity contribution in [2.45, 2.75) is 47.0 Å². The first-order valence-electron chi connectivity index (χ1n) is 5.22. The van der Waals surface area contributed by atoms with Gasteiger partial charge in [-0.05, 0) is 30.9 Å². The molecule has 0 bridgehead atoms. The van der Waals surface area contributed by atoms with Crippen molar-refractivity contribution in [1.82, 2.24) is 0 Å². The zero-order chi connectivity index (χ0) is 9.84. The van der Waals surface area contributed by atoms with Crippen LogP contribution in [-0.2, 0) is 6.42 Å². The topological polar surface area (TPSA) is 13.1 Å². The quantitative estimate of drug-likeness (QED) is 0.685. The average molecular weight is 180 g/mol. The van der Waals surface area contributed by atoms with Crippen LogP contribution in [0, 0.1) is 19.8 Å². The maximum Gasteiger partial charge on any atom is 0.107 e. The molecule has 0 aliphatic carbocycles. The van der Waals surface area contributed by atoms with Crippen molar-refractivity contribution >= 4 is 0 Å². The van der Waals surface area contributed by atoms with Crippen LogP contribution in [0.2, 0.25) is 0 Å². The van der Waals surface area contributed by atoms with E-state index in [-0.39, 0.29) is 0 Å².